The van der Waals surface area contributed by atoms with Crippen molar-refractivity contribution >= 4 is 19.4 Å². The Hall–Kier alpha value is -0.301. The van der Waals surface area contributed by atoms with Crippen molar-refractivity contribution in [3.63, 3.8) is 0 Å². The summed E-state index contributed by atoms with van der Waals surface area (Å²) in [6.45, 7) is 12.4. The third kappa shape index (κ3) is 10.4. The van der Waals surface area contributed by atoms with Crippen LogP contribution >= 0.6 is 0 Å². The summed E-state index contributed by atoms with van der Waals surface area (Å²) < 4.78 is 2.89. The molecule has 0 amide bonds. The van der Waals surface area contributed by atoms with Crippen LogP contribution in [0.4, 0.5) is 0 Å². The van der Waals surface area contributed by atoms with E-state index in [1.807, 2.05) is 0 Å². The third-order valence-electron chi connectivity index (χ3n) is 5.80. The van der Waals surface area contributed by atoms with E-state index < -0.39 is 0 Å². The van der Waals surface area contributed by atoms with Gasteiger partial charge in [0, 0.05) is 0 Å². The first-order chi connectivity index (χ1) is 12.3. The summed E-state index contributed by atoms with van der Waals surface area (Å²) in [6, 6.07) is 11.0. The van der Waals surface area contributed by atoms with Crippen LogP contribution in [0.2, 0.25) is 5.32 Å². The Balaban J connectivity index is 1.86. The summed E-state index contributed by atoms with van der Waals surface area (Å²) in [7, 11) is 0. The Morgan fingerprint density at radius 2 is 1.12 bits per heavy atom. The van der Waals surface area contributed by atoms with Crippen LogP contribution in [0, 0.1) is 0 Å². The number of nitrogens with zero attached hydrogens (tertiary/aromatic N) is 1. The van der Waals surface area contributed by atoms with E-state index in [-0.39, 0.29) is 0 Å². The summed E-state index contributed by atoms with van der Waals surface area (Å²) in [6.07, 6.45) is 13.0. The summed E-state index contributed by atoms with van der Waals surface area (Å²) in [5.41, 5.74) is 0. The molecule has 0 saturated heterocycles. The predicted molar refractivity (Wildman–Crippen MR) is 115 cm³/mol. The minimum atomic E-state index is 0.699. The Morgan fingerprint density at radius 3 is 1.64 bits per heavy atom. The SMILES string of the molecule is CC[N+](CC)(CC)CCCCCCCCCCC[Se]c1ccccc1. The fourth-order valence-corrected chi connectivity index (χ4v) is 5.60. The van der Waals surface area contributed by atoms with Gasteiger partial charge in [-0.05, 0) is 20.8 Å². The van der Waals surface area contributed by atoms with Crippen LogP contribution in [0.15, 0.2) is 30.3 Å². The summed E-state index contributed by atoms with van der Waals surface area (Å²) >= 11 is 0.699. The van der Waals surface area contributed by atoms with Crippen molar-refractivity contribution in [3.8, 4) is 0 Å². The third-order valence-corrected chi connectivity index (χ3v) is 8.11. The van der Waals surface area contributed by atoms with Crippen LogP contribution in [-0.4, -0.2) is 45.6 Å². The number of quaternary nitrogens is 1. The van der Waals surface area contributed by atoms with E-state index >= 15 is 0 Å². The molecule has 144 valence electrons. The van der Waals surface area contributed by atoms with E-state index in [1.165, 1.54) is 93.8 Å². The first-order valence-corrected chi connectivity index (χ1v) is 12.9. The molecule has 0 aliphatic carbocycles. The Kier molecular flexibility index (Phi) is 13.5. The molecule has 0 radical (unpaired) electrons. The van der Waals surface area contributed by atoms with Gasteiger partial charge < -0.3 is 0 Å². The number of benzene rings is 1. The molecule has 1 nitrogen and oxygen atoms in total. The van der Waals surface area contributed by atoms with Gasteiger partial charge in [0.15, 0.2) is 0 Å². The van der Waals surface area contributed by atoms with Gasteiger partial charge in [-0.15, -0.1) is 0 Å². The molecule has 0 atom stereocenters. The van der Waals surface area contributed by atoms with Crippen LogP contribution in [0.25, 0.3) is 0 Å². The zero-order valence-electron chi connectivity index (χ0n) is 17.1. The van der Waals surface area contributed by atoms with Crippen LogP contribution in [-0.2, 0) is 0 Å². The first-order valence-electron chi connectivity index (χ1n) is 10.8. The number of unbranched alkanes of at least 4 members (excludes halogenated alkanes) is 8. The van der Waals surface area contributed by atoms with Crippen LogP contribution < -0.4 is 4.46 Å². The zero-order valence-corrected chi connectivity index (χ0v) is 18.9. The molecule has 2 heteroatoms. The van der Waals surface area contributed by atoms with Crippen molar-refractivity contribution in [1.29, 1.82) is 0 Å². The molecule has 1 rings (SSSR count). The Morgan fingerprint density at radius 1 is 0.640 bits per heavy atom. The van der Waals surface area contributed by atoms with Gasteiger partial charge in [-0.25, -0.2) is 0 Å². The second-order valence-electron chi connectivity index (χ2n) is 7.36. The van der Waals surface area contributed by atoms with Gasteiger partial charge in [0.1, 0.15) is 0 Å². The molecule has 0 aromatic heterocycles. The van der Waals surface area contributed by atoms with Crippen LogP contribution in [0.1, 0.15) is 78.6 Å². The molecule has 0 bridgehead atoms. The molecule has 0 unspecified atom stereocenters. The van der Waals surface area contributed by atoms with Gasteiger partial charge >= 0.3 is 124 Å². The molecule has 0 saturated carbocycles. The van der Waals surface area contributed by atoms with Crippen molar-refractivity contribution in [1.82, 2.24) is 0 Å². The minimum absolute atomic E-state index is 0.699. The van der Waals surface area contributed by atoms with E-state index in [4.69, 9.17) is 0 Å². The van der Waals surface area contributed by atoms with Crippen LogP contribution in [0.5, 0.6) is 0 Å². The van der Waals surface area contributed by atoms with Crippen molar-refractivity contribution in [2.45, 2.75) is 83.9 Å². The van der Waals surface area contributed by atoms with Gasteiger partial charge in [-0.2, -0.15) is 0 Å². The van der Waals surface area contributed by atoms with Crippen molar-refractivity contribution in [2.24, 2.45) is 0 Å². The van der Waals surface area contributed by atoms with Gasteiger partial charge in [0.25, 0.3) is 0 Å². The second kappa shape index (κ2) is 14.8. The van der Waals surface area contributed by atoms with Gasteiger partial charge in [-0.1, -0.05) is 0 Å². The van der Waals surface area contributed by atoms with E-state index in [0.29, 0.717) is 15.0 Å². The first kappa shape index (κ1) is 22.7. The monoisotopic (exact) mass is 412 g/mol. The maximum atomic E-state index is 2.36. The Bertz CT molecular complexity index is 392. The normalized spacial score (nSPS) is 11.8. The number of hydrogen-bond acceptors (Lipinski definition) is 0. The quantitative estimate of drug-likeness (QED) is 0.183. The van der Waals surface area contributed by atoms with Crippen LogP contribution in [0.3, 0.4) is 0 Å². The Labute approximate surface area is 164 Å². The topological polar surface area (TPSA) is 0 Å². The van der Waals surface area contributed by atoms with Crippen molar-refractivity contribution in [2.75, 3.05) is 26.2 Å². The molecule has 1 aromatic rings. The molecule has 0 spiro atoms. The summed E-state index contributed by atoms with van der Waals surface area (Å²) in [5, 5.41) is 1.42. The molecule has 0 aliphatic heterocycles. The maximum absolute atomic E-state index is 2.36. The fraction of sp³-hybridized carbons (Fsp3) is 0.739. The standard InChI is InChI=1S/C23H42NSe/c1-4-24(5-2,6-3)21-17-12-10-8-7-9-11-13-18-22-25-23-19-15-14-16-20-23/h14-16,19-20H,4-13,17-18,21-22H2,1-3H3/q+1. The predicted octanol–water partition coefficient (Wildman–Crippen LogP) is 5.82. The molecule has 0 N–H and O–H groups in total. The van der Waals surface area contributed by atoms with E-state index in [9.17, 15) is 0 Å². The molecule has 0 fully saturated rings. The van der Waals surface area contributed by atoms with Gasteiger partial charge in [0.05, 0.1) is 19.6 Å². The van der Waals surface area contributed by atoms with Crippen molar-refractivity contribution in [3.05, 3.63) is 30.3 Å². The second-order valence-corrected chi connectivity index (χ2v) is 9.81. The molecule has 25 heavy (non-hydrogen) atoms. The van der Waals surface area contributed by atoms with Gasteiger partial charge in [-0.3, -0.25) is 0 Å². The molecular weight excluding hydrogens is 369 g/mol. The summed E-state index contributed by atoms with van der Waals surface area (Å²) in [5.74, 6) is 0. The van der Waals surface area contributed by atoms with Gasteiger partial charge in [0.2, 0.25) is 0 Å². The van der Waals surface area contributed by atoms with E-state index in [0.717, 1.165) is 0 Å². The molecular formula is C23H42NSe+. The number of rotatable bonds is 16. The van der Waals surface area contributed by atoms with E-state index in [1.54, 1.807) is 4.46 Å². The zero-order chi connectivity index (χ0) is 18.2. The van der Waals surface area contributed by atoms with E-state index in [2.05, 4.69) is 51.1 Å². The fourth-order valence-electron chi connectivity index (χ4n) is 3.64. The average Bonchev–Trinajstić information content (AvgIpc) is 2.67. The molecule has 1 aromatic carbocycles. The molecule has 0 heterocycles. The molecule has 0 aliphatic rings. The summed E-state index contributed by atoms with van der Waals surface area (Å²) in [4.78, 5) is 0. The average molecular weight is 412 g/mol. The number of hydrogen-bond donors (Lipinski definition) is 0. The van der Waals surface area contributed by atoms with Crippen molar-refractivity contribution < 1.29 is 4.48 Å².